The van der Waals surface area contributed by atoms with E-state index in [9.17, 15) is 0 Å². The maximum absolute atomic E-state index is 8.36. The maximum atomic E-state index is 8.36. The van der Waals surface area contributed by atoms with E-state index in [1.807, 2.05) is 60.8 Å². The van der Waals surface area contributed by atoms with E-state index in [4.69, 9.17) is 21.1 Å². The topological polar surface area (TPSA) is 142 Å². The molecule has 0 fully saturated rings. The van der Waals surface area contributed by atoms with Crippen molar-refractivity contribution in [2.24, 2.45) is 15.8 Å². The number of nitrogens with two attached hydrogens (primary N) is 1. The summed E-state index contributed by atoms with van der Waals surface area (Å²) in [6.07, 6.45) is 3.62. The Balaban J connectivity index is 0.000000511. The lowest BCUT2D eigenvalue weighted by molar-refractivity contribution is -0.742. The summed E-state index contributed by atoms with van der Waals surface area (Å²) in [5.74, 6) is 0.247. The van der Waals surface area contributed by atoms with Crippen LogP contribution in [0.1, 0.15) is 5.56 Å². The van der Waals surface area contributed by atoms with Crippen LogP contribution in [0.2, 0.25) is 0 Å². The smallest absolute Gasteiger partial charge is 0.291 e. The van der Waals surface area contributed by atoms with Gasteiger partial charge in [-0.2, -0.15) is 5.10 Å². The predicted molar refractivity (Wildman–Crippen MR) is 95.5 cm³/mol. The van der Waals surface area contributed by atoms with E-state index in [1.165, 1.54) is 0 Å². The van der Waals surface area contributed by atoms with Gasteiger partial charge in [-0.1, -0.05) is 36.4 Å². The van der Waals surface area contributed by atoms with Crippen LogP contribution in [0.3, 0.4) is 0 Å². The molecule has 0 amide bonds. The summed E-state index contributed by atoms with van der Waals surface area (Å²) in [6.45, 7) is 0. The van der Waals surface area contributed by atoms with Crippen LogP contribution in [0.25, 0.3) is 10.9 Å². The number of benzene rings is 2. The lowest BCUT2D eigenvalue weighted by Crippen LogP contribution is -2.26. The monoisotopic (exact) mass is 340 g/mol. The van der Waals surface area contributed by atoms with Crippen molar-refractivity contribution in [1.82, 2.24) is 10.4 Å². The minimum absolute atomic E-state index is 0.247. The third-order valence-electron chi connectivity index (χ3n) is 3.01. The molecule has 0 spiro atoms. The Bertz CT molecular complexity index is 885. The molecule has 0 atom stereocenters. The molecule has 0 unspecified atom stereocenters. The Morgan fingerprint density at radius 2 is 1.84 bits per heavy atom. The molecule has 3 rings (SSSR count). The quantitative estimate of drug-likeness (QED) is 0.251. The van der Waals surface area contributed by atoms with Crippen molar-refractivity contribution in [3.8, 4) is 0 Å². The number of aromatic amines is 1. The lowest BCUT2D eigenvalue weighted by Gasteiger charge is -1.98. The first-order chi connectivity index (χ1) is 12.1. The minimum Gasteiger partial charge on any atom is -0.368 e. The second-order valence-electron chi connectivity index (χ2n) is 4.73. The minimum atomic E-state index is -1.50. The number of nitrogens with zero attached hydrogens (tertiary/aromatic N) is 3. The van der Waals surface area contributed by atoms with Crippen LogP contribution in [-0.4, -0.2) is 27.5 Å². The highest BCUT2D eigenvalue weighted by Crippen LogP contribution is 2.15. The average Bonchev–Trinajstić information content (AvgIpc) is 2.99. The second kappa shape index (κ2) is 8.67. The zero-order chi connectivity index (χ0) is 18.1. The summed E-state index contributed by atoms with van der Waals surface area (Å²) in [5, 5.41) is 18.9. The third kappa shape index (κ3) is 5.67. The summed E-state index contributed by atoms with van der Waals surface area (Å²) >= 11 is 0. The normalized spacial score (nSPS) is 11.1. The van der Waals surface area contributed by atoms with Crippen LogP contribution in [-0.2, 0) is 0 Å². The van der Waals surface area contributed by atoms with Gasteiger partial charge in [-0.05, 0) is 18.2 Å². The predicted octanol–water partition coefficient (Wildman–Crippen LogP) is 2.39. The van der Waals surface area contributed by atoms with Gasteiger partial charge in [0.25, 0.3) is 5.09 Å². The number of hydrogen-bond donors (Lipinski definition) is 4. The molecule has 3 aromatic rings. The Morgan fingerprint density at radius 1 is 1.20 bits per heavy atom. The van der Waals surface area contributed by atoms with Crippen molar-refractivity contribution in [1.29, 1.82) is 0 Å². The Labute approximate surface area is 142 Å². The fourth-order valence-corrected chi connectivity index (χ4v) is 2.04. The molecule has 0 aliphatic carbocycles. The van der Waals surface area contributed by atoms with Crippen LogP contribution in [0.15, 0.2) is 70.9 Å². The van der Waals surface area contributed by atoms with Crippen LogP contribution < -0.4 is 11.2 Å². The van der Waals surface area contributed by atoms with Gasteiger partial charge in [-0.15, -0.1) is 10.1 Å². The molecule has 0 radical (unpaired) electrons. The van der Waals surface area contributed by atoms with Crippen molar-refractivity contribution < 1.29 is 10.3 Å². The Hall–Kier alpha value is -3.88. The van der Waals surface area contributed by atoms with Crippen LogP contribution in [0, 0.1) is 10.1 Å². The average molecular weight is 340 g/mol. The van der Waals surface area contributed by atoms with Gasteiger partial charge >= 0.3 is 0 Å². The molecule has 25 heavy (non-hydrogen) atoms. The molecule has 5 N–H and O–H groups in total. The number of para-hydroxylation sites is 2. The Kier molecular flexibility index (Phi) is 6.06. The number of aliphatic imine (C=N–C) groups is 1. The van der Waals surface area contributed by atoms with Gasteiger partial charge in [0.05, 0.1) is 11.9 Å². The first-order valence-corrected chi connectivity index (χ1v) is 7.14. The van der Waals surface area contributed by atoms with Gasteiger partial charge < -0.3 is 15.9 Å². The van der Waals surface area contributed by atoms with Gasteiger partial charge in [0.15, 0.2) is 0 Å². The molecule has 128 valence electrons. The van der Waals surface area contributed by atoms with Crippen molar-refractivity contribution in [3.05, 3.63) is 76.5 Å². The first-order valence-electron chi connectivity index (χ1n) is 7.14. The number of H-pyrrole nitrogens is 1. The molecular weight excluding hydrogens is 324 g/mol. The van der Waals surface area contributed by atoms with Crippen LogP contribution in [0.4, 0.5) is 5.69 Å². The third-order valence-corrected chi connectivity index (χ3v) is 3.01. The fraction of sp³-hybridized carbons (Fsp3) is 0. The fourth-order valence-electron chi connectivity index (χ4n) is 2.04. The highest BCUT2D eigenvalue weighted by atomic mass is 16.9. The standard InChI is InChI=1S/C16H15N5.HNO3/c17-16(20-13-6-2-1-3-7-13)21-19-11-12-10-18-15-9-5-4-8-14(12)15;2-1(3)4/h1-11,18H,(H3,17,20,21);(H,2,3,4). The Morgan fingerprint density at radius 3 is 2.56 bits per heavy atom. The SMILES string of the molecule is NC(=Nc1ccccc1)NN=Cc1c[nH]c2ccccc12.O=[N+]([O-])O. The second-order valence-corrected chi connectivity index (χ2v) is 4.73. The molecule has 0 aliphatic rings. The van der Waals surface area contributed by atoms with E-state index >= 15 is 0 Å². The van der Waals surface area contributed by atoms with Crippen molar-refractivity contribution >= 4 is 28.8 Å². The number of fused-ring (bicyclic) bond motifs is 1. The van der Waals surface area contributed by atoms with Crippen molar-refractivity contribution in [3.63, 3.8) is 0 Å². The number of hydrazone groups is 1. The van der Waals surface area contributed by atoms with E-state index in [2.05, 4.69) is 20.5 Å². The molecule has 2 aromatic carbocycles. The lowest BCUT2D eigenvalue weighted by atomic mass is 10.2. The number of nitrogens with one attached hydrogen (secondary N) is 2. The zero-order valence-electron chi connectivity index (χ0n) is 13.0. The number of aromatic nitrogens is 1. The molecule has 0 aliphatic heterocycles. The maximum Gasteiger partial charge on any atom is 0.291 e. The van der Waals surface area contributed by atoms with E-state index in [0.29, 0.717) is 0 Å². The molecule has 0 bridgehead atoms. The number of hydrogen-bond acceptors (Lipinski definition) is 4. The van der Waals surface area contributed by atoms with E-state index in [1.54, 1.807) is 6.21 Å². The molecule has 0 saturated carbocycles. The van der Waals surface area contributed by atoms with Gasteiger partial charge in [0.2, 0.25) is 5.96 Å². The van der Waals surface area contributed by atoms with Gasteiger partial charge in [0, 0.05) is 22.7 Å². The van der Waals surface area contributed by atoms with E-state index in [0.717, 1.165) is 22.2 Å². The van der Waals surface area contributed by atoms with Gasteiger partial charge in [-0.3, -0.25) is 0 Å². The molecule has 9 heteroatoms. The van der Waals surface area contributed by atoms with Crippen LogP contribution >= 0.6 is 0 Å². The molecular formula is C16H16N6O3. The molecule has 9 nitrogen and oxygen atoms in total. The largest absolute Gasteiger partial charge is 0.368 e. The zero-order valence-corrected chi connectivity index (χ0v) is 13.0. The summed E-state index contributed by atoms with van der Waals surface area (Å²) in [4.78, 5) is 15.7. The summed E-state index contributed by atoms with van der Waals surface area (Å²) in [5.41, 5.74) is 11.3. The summed E-state index contributed by atoms with van der Waals surface area (Å²) in [7, 11) is 0. The molecule has 1 heterocycles. The number of guanidine groups is 1. The van der Waals surface area contributed by atoms with Gasteiger partial charge in [-0.25, -0.2) is 10.4 Å². The highest BCUT2D eigenvalue weighted by Gasteiger charge is 1.99. The van der Waals surface area contributed by atoms with Gasteiger partial charge in [0.1, 0.15) is 0 Å². The van der Waals surface area contributed by atoms with Crippen LogP contribution in [0.5, 0.6) is 0 Å². The highest BCUT2D eigenvalue weighted by molar-refractivity contribution is 5.99. The summed E-state index contributed by atoms with van der Waals surface area (Å²) in [6, 6.07) is 17.5. The number of rotatable bonds is 3. The summed E-state index contributed by atoms with van der Waals surface area (Å²) < 4.78 is 0. The van der Waals surface area contributed by atoms with E-state index < -0.39 is 5.09 Å². The molecule has 0 saturated heterocycles. The molecule has 1 aromatic heterocycles. The van der Waals surface area contributed by atoms with Crippen molar-refractivity contribution in [2.45, 2.75) is 0 Å². The van der Waals surface area contributed by atoms with E-state index in [-0.39, 0.29) is 5.96 Å². The van der Waals surface area contributed by atoms with Crippen molar-refractivity contribution in [2.75, 3.05) is 0 Å². The first kappa shape index (κ1) is 17.5.